The Morgan fingerprint density at radius 1 is 1.11 bits per heavy atom. The van der Waals surface area contributed by atoms with Crippen LogP contribution in [0.15, 0.2) is 40.8 Å². The molecule has 5 rings (SSSR count). The monoisotopic (exact) mass is 388 g/mol. The molecule has 0 radical (unpaired) electrons. The van der Waals surface area contributed by atoms with E-state index in [2.05, 4.69) is 28.2 Å². The lowest BCUT2D eigenvalue weighted by Gasteiger charge is -2.29. The van der Waals surface area contributed by atoms with E-state index in [0.717, 1.165) is 33.2 Å². The summed E-state index contributed by atoms with van der Waals surface area (Å²) in [4.78, 5) is 28.2. The van der Waals surface area contributed by atoms with Crippen molar-refractivity contribution >= 4 is 23.0 Å². The van der Waals surface area contributed by atoms with Crippen LogP contribution in [-0.4, -0.2) is 26.5 Å². The van der Waals surface area contributed by atoms with Gasteiger partial charge in [-0.15, -0.1) is 11.3 Å². The Labute approximate surface area is 167 Å². The second kappa shape index (κ2) is 6.63. The summed E-state index contributed by atoms with van der Waals surface area (Å²) in [5.41, 5.74) is 8.88. The highest BCUT2D eigenvalue weighted by molar-refractivity contribution is 7.09. The van der Waals surface area contributed by atoms with E-state index < -0.39 is 0 Å². The third-order valence-corrected chi connectivity index (χ3v) is 6.26. The summed E-state index contributed by atoms with van der Waals surface area (Å²) in [6.07, 6.45) is 2.29. The number of aromatic nitrogens is 2. The molecule has 0 aliphatic carbocycles. The summed E-state index contributed by atoms with van der Waals surface area (Å²) in [5, 5.41) is 3.02. The zero-order valence-corrected chi connectivity index (χ0v) is 16.7. The zero-order chi connectivity index (χ0) is 19.3. The number of carbonyl (C=O) groups excluding carboxylic acids is 1. The summed E-state index contributed by atoms with van der Waals surface area (Å²) in [6.45, 7) is 5.87. The lowest BCUT2D eigenvalue weighted by atomic mass is 9.91. The standard InChI is InChI=1S/C22H20N4OS/c1-13-5-15(3-4-23-13)22-19-7-18-10-26(11-20-25-14(2)12-28-20)21(27)8-16(18)6-17(19)9-24-22/h3-7,12H,8-11H2,1-2H3. The number of hydrogen-bond donors (Lipinski definition) is 0. The minimum atomic E-state index is 0.171. The van der Waals surface area contributed by atoms with Crippen LogP contribution in [-0.2, 0) is 30.8 Å². The van der Waals surface area contributed by atoms with E-state index in [1.54, 1.807) is 11.3 Å². The van der Waals surface area contributed by atoms with Gasteiger partial charge in [0.1, 0.15) is 5.01 Å². The van der Waals surface area contributed by atoms with Crippen molar-refractivity contribution in [2.75, 3.05) is 0 Å². The fraction of sp³-hybridized carbons (Fsp3) is 0.273. The molecular formula is C22H20N4OS. The van der Waals surface area contributed by atoms with E-state index in [9.17, 15) is 4.79 Å². The van der Waals surface area contributed by atoms with Crippen LogP contribution < -0.4 is 0 Å². The lowest BCUT2D eigenvalue weighted by molar-refractivity contribution is -0.132. The van der Waals surface area contributed by atoms with Gasteiger partial charge in [-0.2, -0.15) is 0 Å². The van der Waals surface area contributed by atoms with Crippen molar-refractivity contribution in [2.24, 2.45) is 4.99 Å². The Morgan fingerprint density at radius 3 is 2.79 bits per heavy atom. The molecule has 0 saturated heterocycles. The minimum absolute atomic E-state index is 0.171. The highest BCUT2D eigenvalue weighted by Crippen LogP contribution is 2.30. The molecule has 3 aromatic rings. The Morgan fingerprint density at radius 2 is 2.00 bits per heavy atom. The molecule has 140 valence electrons. The molecule has 28 heavy (non-hydrogen) atoms. The highest BCUT2D eigenvalue weighted by Gasteiger charge is 2.27. The lowest BCUT2D eigenvalue weighted by Crippen LogP contribution is -2.35. The molecule has 0 spiro atoms. The summed E-state index contributed by atoms with van der Waals surface area (Å²) in [7, 11) is 0. The van der Waals surface area contributed by atoms with E-state index >= 15 is 0 Å². The quantitative estimate of drug-likeness (QED) is 0.689. The third kappa shape index (κ3) is 3.03. The van der Waals surface area contributed by atoms with Crippen LogP contribution in [0.25, 0.3) is 0 Å². The number of aliphatic imine (C=N–C) groups is 1. The highest BCUT2D eigenvalue weighted by atomic mass is 32.1. The zero-order valence-electron chi connectivity index (χ0n) is 15.9. The molecular weight excluding hydrogens is 368 g/mol. The minimum Gasteiger partial charge on any atom is -0.331 e. The Hall–Kier alpha value is -2.86. The largest absolute Gasteiger partial charge is 0.331 e. The first-order valence-corrected chi connectivity index (χ1v) is 10.3. The number of pyridine rings is 1. The van der Waals surface area contributed by atoms with Gasteiger partial charge in [0.2, 0.25) is 5.91 Å². The number of fused-ring (bicyclic) bond motifs is 2. The number of rotatable bonds is 3. The molecule has 0 unspecified atom stereocenters. The summed E-state index contributed by atoms with van der Waals surface area (Å²) < 4.78 is 0. The molecule has 2 aromatic heterocycles. The second-order valence-electron chi connectivity index (χ2n) is 7.44. The van der Waals surface area contributed by atoms with Crippen LogP contribution in [0.1, 0.15) is 44.2 Å². The Bertz CT molecular complexity index is 1130. The average Bonchev–Trinajstić information content (AvgIpc) is 3.26. The molecule has 0 bridgehead atoms. The number of amides is 1. The number of carbonyl (C=O) groups is 1. The second-order valence-corrected chi connectivity index (χ2v) is 8.38. The maximum Gasteiger partial charge on any atom is 0.227 e. The third-order valence-electron chi connectivity index (χ3n) is 5.31. The SMILES string of the molecule is Cc1cc(C2=NCc3cc4c(cc32)CN(Cc2nc(C)cs2)C(=O)C4)ccn1. The molecule has 0 saturated carbocycles. The summed E-state index contributed by atoms with van der Waals surface area (Å²) in [6, 6.07) is 8.51. The van der Waals surface area contributed by atoms with Crippen molar-refractivity contribution < 1.29 is 4.79 Å². The fourth-order valence-electron chi connectivity index (χ4n) is 3.94. The topological polar surface area (TPSA) is 58.5 Å². The van der Waals surface area contributed by atoms with Crippen LogP contribution in [0.5, 0.6) is 0 Å². The Balaban J connectivity index is 1.46. The van der Waals surface area contributed by atoms with Gasteiger partial charge in [-0.1, -0.05) is 6.07 Å². The molecule has 5 nitrogen and oxygen atoms in total. The van der Waals surface area contributed by atoms with Crippen molar-refractivity contribution in [1.29, 1.82) is 0 Å². The number of benzene rings is 1. The Kier molecular flexibility index (Phi) is 4.09. The number of aryl methyl sites for hydroxylation is 2. The van der Waals surface area contributed by atoms with Crippen LogP contribution in [0.2, 0.25) is 0 Å². The van der Waals surface area contributed by atoms with Gasteiger partial charge in [0.05, 0.1) is 25.2 Å². The van der Waals surface area contributed by atoms with Crippen LogP contribution in [0.4, 0.5) is 0 Å². The first kappa shape index (κ1) is 17.3. The van der Waals surface area contributed by atoms with Gasteiger partial charge in [-0.3, -0.25) is 14.8 Å². The van der Waals surface area contributed by atoms with Gasteiger partial charge in [-0.25, -0.2) is 4.98 Å². The average molecular weight is 388 g/mol. The van der Waals surface area contributed by atoms with Crippen molar-refractivity contribution in [1.82, 2.24) is 14.9 Å². The molecule has 0 fully saturated rings. The molecule has 1 amide bonds. The smallest absolute Gasteiger partial charge is 0.227 e. The maximum atomic E-state index is 12.7. The molecule has 2 aliphatic heterocycles. The van der Waals surface area contributed by atoms with Gasteiger partial charge in [0, 0.05) is 40.6 Å². The first-order valence-electron chi connectivity index (χ1n) is 9.38. The van der Waals surface area contributed by atoms with Gasteiger partial charge in [0.15, 0.2) is 0 Å². The molecule has 4 heterocycles. The van der Waals surface area contributed by atoms with Crippen LogP contribution in [0, 0.1) is 13.8 Å². The molecule has 6 heteroatoms. The van der Waals surface area contributed by atoms with E-state index in [1.165, 1.54) is 16.7 Å². The first-order chi connectivity index (χ1) is 13.6. The van der Waals surface area contributed by atoms with Crippen molar-refractivity contribution in [3.63, 3.8) is 0 Å². The number of hydrogen-bond acceptors (Lipinski definition) is 5. The predicted molar refractivity (Wildman–Crippen MR) is 110 cm³/mol. The predicted octanol–water partition coefficient (Wildman–Crippen LogP) is 3.59. The van der Waals surface area contributed by atoms with E-state index in [1.807, 2.05) is 36.4 Å². The van der Waals surface area contributed by atoms with Crippen LogP contribution >= 0.6 is 11.3 Å². The fourth-order valence-corrected chi connectivity index (χ4v) is 4.73. The maximum absolute atomic E-state index is 12.7. The van der Waals surface area contributed by atoms with E-state index in [-0.39, 0.29) is 5.91 Å². The van der Waals surface area contributed by atoms with Gasteiger partial charge < -0.3 is 4.90 Å². The van der Waals surface area contributed by atoms with Crippen molar-refractivity contribution in [3.8, 4) is 0 Å². The van der Waals surface area contributed by atoms with Gasteiger partial charge >= 0.3 is 0 Å². The number of nitrogens with zero attached hydrogens (tertiary/aromatic N) is 4. The van der Waals surface area contributed by atoms with Crippen molar-refractivity contribution in [3.05, 3.63) is 80.1 Å². The van der Waals surface area contributed by atoms with E-state index in [0.29, 0.717) is 26.1 Å². The molecule has 1 aromatic carbocycles. The van der Waals surface area contributed by atoms with Gasteiger partial charge in [-0.05, 0) is 48.7 Å². The normalized spacial score (nSPS) is 15.4. The van der Waals surface area contributed by atoms with Gasteiger partial charge in [0.25, 0.3) is 0 Å². The van der Waals surface area contributed by atoms with E-state index in [4.69, 9.17) is 4.99 Å². The summed E-state index contributed by atoms with van der Waals surface area (Å²) >= 11 is 1.62. The van der Waals surface area contributed by atoms with Crippen molar-refractivity contribution in [2.45, 2.75) is 39.9 Å². The molecule has 0 atom stereocenters. The molecule has 2 aliphatic rings. The van der Waals surface area contributed by atoms with Crippen LogP contribution in [0.3, 0.4) is 0 Å². The summed E-state index contributed by atoms with van der Waals surface area (Å²) in [5.74, 6) is 0.171. The number of thiazole rings is 1. The molecule has 0 N–H and O–H groups in total.